The smallest absolute Gasteiger partial charge is 0.0998 e. The highest BCUT2D eigenvalue weighted by atomic mass is 14.3. The van der Waals surface area contributed by atoms with Gasteiger partial charge in [-0.15, -0.1) is 0 Å². The van der Waals surface area contributed by atoms with E-state index in [1.54, 1.807) is 0 Å². The van der Waals surface area contributed by atoms with Gasteiger partial charge in [-0.05, 0) is 45.3 Å². The van der Waals surface area contributed by atoms with E-state index in [0.29, 0.717) is 5.57 Å². The minimum absolute atomic E-state index is 0.682. The molecule has 0 heterocycles. The van der Waals surface area contributed by atoms with Gasteiger partial charge in [0.15, 0.2) is 0 Å². The molecule has 0 amide bonds. The summed E-state index contributed by atoms with van der Waals surface area (Å²) >= 11 is 0. The summed E-state index contributed by atoms with van der Waals surface area (Å²) in [5.74, 6) is 0. The lowest BCUT2D eigenvalue weighted by atomic mass is 9.95. The summed E-state index contributed by atoms with van der Waals surface area (Å²) in [7, 11) is 0. The van der Waals surface area contributed by atoms with Crippen molar-refractivity contribution in [3.63, 3.8) is 0 Å². The summed E-state index contributed by atoms with van der Waals surface area (Å²) in [5.41, 5.74) is 2.69. The van der Waals surface area contributed by atoms with E-state index >= 15 is 0 Å². The Labute approximate surface area is 141 Å². The van der Waals surface area contributed by atoms with Crippen LogP contribution in [0.4, 0.5) is 0 Å². The Balaban J connectivity index is 1.97. The molecule has 0 aliphatic rings. The summed E-state index contributed by atoms with van der Waals surface area (Å²) in [4.78, 5) is 0. The molecule has 24 heavy (non-hydrogen) atoms. The van der Waals surface area contributed by atoms with Crippen molar-refractivity contribution in [2.75, 3.05) is 0 Å². The molecule has 0 aliphatic heterocycles. The van der Waals surface area contributed by atoms with Crippen molar-refractivity contribution >= 4 is 33.2 Å². The lowest BCUT2D eigenvalue weighted by Crippen LogP contribution is -1.86. The van der Waals surface area contributed by atoms with Crippen LogP contribution in [0.5, 0.6) is 0 Å². The van der Waals surface area contributed by atoms with Gasteiger partial charge in [-0.1, -0.05) is 72.8 Å². The Morgan fingerprint density at radius 3 is 2.12 bits per heavy atom. The fraction of sp³-hybridized carbons (Fsp3) is 0. The van der Waals surface area contributed by atoms with Crippen LogP contribution in [0.1, 0.15) is 11.1 Å². The van der Waals surface area contributed by atoms with Crippen LogP contribution in [0.15, 0.2) is 84.9 Å². The average molecular weight is 305 g/mol. The molecule has 0 aromatic heterocycles. The minimum atomic E-state index is 0.682. The van der Waals surface area contributed by atoms with E-state index < -0.39 is 0 Å². The number of allylic oxidation sites excluding steroid dienone is 1. The van der Waals surface area contributed by atoms with Crippen LogP contribution in [0.3, 0.4) is 0 Å². The summed E-state index contributed by atoms with van der Waals surface area (Å²) in [5, 5.41) is 14.4. The summed E-state index contributed by atoms with van der Waals surface area (Å²) < 4.78 is 0. The highest BCUT2D eigenvalue weighted by Crippen LogP contribution is 2.30. The predicted octanol–water partition coefficient (Wildman–Crippen LogP) is 6.06. The standard InChI is InChI=1S/C23H15N/c24-16-21(13-17-7-2-1-3-8-17)22-12-6-11-20-14-18-9-4-5-10-19(18)15-23(20)22/h1-15H. The molecule has 1 nitrogen and oxygen atoms in total. The van der Waals surface area contributed by atoms with Crippen molar-refractivity contribution in [3.8, 4) is 6.07 Å². The molecular weight excluding hydrogens is 290 g/mol. The number of hydrogen-bond donors (Lipinski definition) is 0. The number of nitriles is 1. The fourth-order valence-electron chi connectivity index (χ4n) is 3.09. The van der Waals surface area contributed by atoms with Gasteiger partial charge in [0, 0.05) is 5.56 Å². The molecule has 0 radical (unpaired) electrons. The summed E-state index contributed by atoms with van der Waals surface area (Å²) in [6.07, 6.45) is 1.95. The topological polar surface area (TPSA) is 23.8 Å². The average Bonchev–Trinajstić information content (AvgIpc) is 2.65. The van der Waals surface area contributed by atoms with E-state index in [4.69, 9.17) is 0 Å². The van der Waals surface area contributed by atoms with Gasteiger partial charge in [0.1, 0.15) is 0 Å². The molecule has 0 N–H and O–H groups in total. The third-order valence-corrected chi connectivity index (χ3v) is 4.27. The van der Waals surface area contributed by atoms with Crippen molar-refractivity contribution in [1.29, 1.82) is 5.26 Å². The maximum atomic E-state index is 9.70. The second kappa shape index (κ2) is 6.02. The first-order chi connectivity index (χ1) is 11.8. The fourth-order valence-corrected chi connectivity index (χ4v) is 3.09. The Morgan fingerprint density at radius 2 is 1.38 bits per heavy atom. The van der Waals surface area contributed by atoms with E-state index in [1.165, 1.54) is 10.8 Å². The molecule has 4 rings (SSSR count). The largest absolute Gasteiger partial charge is 0.192 e. The molecular formula is C23H15N. The number of fused-ring (bicyclic) bond motifs is 2. The Morgan fingerprint density at radius 1 is 0.708 bits per heavy atom. The van der Waals surface area contributed by atoms with E-state index in [1.807, 2.05) is 60.7 Å². The quantitative estimate of drug-likeness (QED) is 0.251. The zero-order valence-corrected chi connectivity index (χ0v) is 13.1. The van der Waals surface area contributed by atoms with Gasteiger partial charge in [-0.3, -0.25) is 0 Å². The Kier molecular flexibility index (Phi) is 3.57. The number of hydrogen-bond acceptors (Lipinski definition) is 1. The number of nitrogens with zero attached hydrogens (tertiary/aromatic N) is 1. The maximum absolute atomic E-state index is 9.70. The molecule has 0 bridgehead atoms. The van der Waals surface area contributed by atoms with Gasteiger partial charge < -0.3 is 0 Å². The second-order valence-corrected chi connectivity index (χ2v) is 5.81. The summed E-state index contributed by atoms with van der Waals surface area (Å²) in [6.45, 7) is 0. The van der Waals surface area contributed by atoms with Crippen LogP contribution in [0, 0.1) is 11.3 Å². The molecule has 112 valence electrons. The van der Waals surface area contributed by atoms with Crippen molar-refractivity contribution in [2.24, 2.45) is 0 Å². The van der Waals surface area contributed by atoms with E-state index in [-0.39, 0.29) is 0 Å². The van der Waals surface area contributed by atoms with Crippen LogP contribution in [0.2, 0.25) is 0 Å². The predicted molar refractivity (Wildman–Crippen MR) is 101 cm³/mol. The zero-order valence-electron chi connectivity index (χ0n) is 13.1. The lowest BCUT2D eigenvalue weighted by molar-refractivity contribution is 1.53. The lowest BCUT2D eigenvalue weighted by Gasteiger charge is -2.08. The molecule has 4 aromatic carbocycles. The molecule has 0 atom stereocenters. The molecule has 0 unspecified atom stereocenters. The van der Waals surface area contributed by atoms with Gasteiger partial charge in [0.2, 0.25) is 0 Å². The highest BCUT2D eigenvalue weighted by Gasteiger charge is 2.07. The van der Waals surface area contributed by atoms with Gasteiger partial charge in [-0.25, -0.2) is 0 Å². The first-order valence-corrected chi connectivity index (χ1v) is 7.94. The van der Waals surface area contributed by atoms with E-state index in [2.05, 4.69) is 36.4 Å². The van der Waals surface area contributed by atoms with Gasteiger partial charge in [-0.2, -0.15) is 5.26 Å². The van der Waals surface area contributed by atoms with E-state index in [0.717, 1.165) is 21.9 Å². The van der Waals surface area contributed by atoms with Gasteiger partial charge in [0.05, 0.1) is 11.6 Å². The zero-order chi connectivity index (χ0) is 16.4. The van der Waals surface area contributed by atoms with Crippen LogP contribution in [0.25, 0.3) is 33.2 Å². The molecule has 4 aromatic rings. The molecule has 0 aliphatic carbocycles. The molecule has 0 saturated heterocycles. The monoisotopic (exact) mass is 305 g/mol. The maximum Gasteiger partial charge on any atom is 0.0998 e. The highest BCUT2D eigenvalue weighted by molar-refractivity contribution is 6.06. The van der Waals surface area contributed by atoms with Crippen LogP contribution >= 0.6 is 0 Å². The van der Waals surface area contributed by atoms with Crippen molar-refractivity contribution in [3.05, 3.63) is 96.1 Å². The van der Waals surface area contributed by atoms with Crippen molar-refractivity contribution in [2.45, 2.75) is 0 Å². The molecule has 0 saturated carbocycles. The normalized spacial score (nSPS) is 11.5. The first kappa shape index (κ1) is 14.2. The Bertz CT molecular complexity index is 1100. The van der Waals surface area contributed by atoms with Crippen LogP contribution in [-0.2, 0) is 0 Å². The van der Waals surface area contributed by atoms with Crippen LogP contribution in [-0.4, -0.2) is 0 Å². The number of benzene rings is 4. The Hall–Kier alpha value is -3.37. The molecule has 0 fully saturated rings. The molecule has 0 spiro atoms. The minimum Gasteiger partial charge on any atom is -0.192 e. The van der Waals surface area contributed by atoms with Crippen molar-refractivity contribution in [1.82, 2.24) is 0 Å². The molecule has 1 heteroatoms. The SMILES string of the molecule is N#CC(=Cc1ccccc1)c1cccc2cc3ccccc3cc12. The van der Waals surface area contributed by atoms with Gasteiger partial charge >= 0.3 is 0 Å². The van der Waals surface area contributed by atoms with E-state index in [9.17, 15) is 5.26 Å². The third kappa shape index (κ3) is 2.55. The number of rotatable bonds is 2. The van der Waals surface area contributed by atoms with Crippen molar-refractivity contribution < 1.29 is 0 Å². The third-order valence-electron chi connectivity index (χ3n) is 4.27. The van der Waals surface area contributed by atoms with Gasteiger partial charge in [0.25, 0.3) is 0 Å². The van der Waals surface area contributed by atoms with Crippen LogP contribution < -0.4 is 0 Å². The second-order valence-electron chi connectivity index (χ2n) is 5.81. The summed E-state index contributed by atoms with van der Waals surface area (Å²) in [6, 6.07) is 31.2. The first-order valence-electron chi connectivity index (χ1n) is 7.94.